The second kappa shape index (κ2) is 8.56. The molecule has 1 aliphatic carbocycles. The summed E-state index contributed by atoms with van der Waals surface area (Å²) in [7, 11) is 0. The van der Waals surface area contributed by atoms with Crippen molar-refractivity contribution in [1.29, 1.82) is 0 Å². The van der Waals surface area contributed by atoms with Gasteiger partial charge in [-0.15, -0.1) is 10.2 Å². The molecule has 0 saturated heterocycles. The fourth-order valence-corrected chi connectivity index (χ4v) is 3.39. The minimum Gasteiger partial charge on any atom is -0.353 e. The highest BCUT2D eigenvalue weighted by Gasteiger charge is 2.30. The summed E-state index contributed by atoms with van der Waals surface area (Å²) in [6.07, 6.45) is 7.13. The highest BCUT2D eigenvalue weighted by molar-refractivity contribution is 7.99. The van der Waals surface area contributed by atoms with E-state index < -0.39 is 0 Å². The Kier molecular flexibility index (Phi) is 6.73. The number of rotatable bonds is 10. The molecule has 1 fully saturated rings. The molecule has 1 atom stereocenters. The van der Waals surface area contributed by atoms with E-state index in [2.05, 4.69) is 40.9 Å². The molecule has 22 heavy (non-hydrogen) atoms. The zero-order chi connectivity index (χ0) is 15.9. The Bertz CT molecular complexity index is 484. The van der Waals surface area contributed by atoms with Gasteiger partial charge in [-0.3, -0.25) is 4.79 Å². The van der Waals surface area contributed by atoms with Crippen molar-refractivity contribution in [1.82, 2.24) is 20.1 Å². The van der Waals surface area contributed by atoms with Crippen molar-refractivity contribution in [3.63, 3.8) is 0 Å². The van der Waals surface area contributed by atoms with E-state index in [1.54, 1.807) is 0 Å². The Hall–Kier alpha value is -1.04. The fraction of sp³-hybridized carbons (Fsp3) is 0.812. The lowest BCUT2D eigenvalue weighted by atomic mass is 10.1. The Balaban J connectivity index is 1.76. The van der Waals surface area contributed by atoms with Crippen LogP contribution in [0.5, 0.6) is 0 Å². The number of nitrogens with one attached hydrogen (secondary N) is 1. The molecule has 1 aromatic rings. The van der Waals surface area contributed by atoms with Crippen LogP contribution in [0.25, 0.3) is 0 Å². The van der Waals surface area contributed by atoms with Gasteiger partial charge in [-0.1, -0.05) is 37.9 Å². The van der Waals surface area contributed by atoms with Crippen LogP contribution in [0.3, 0.4) is 0 Å². The summed E-state index contributed by atoms with van der Waals surface area (Å²) in [5.74, 6) is 2.20. The molecule has 0 aromatic carbocycles. The second-order valence-electron chi connectivity index (χ2n) is 6.11. The topological polar surface area (TPSA) is 59.8 Å². The monoisotopic (exact) mass is 324 g/mol. The molecule has 0 radical (unpaired) electrons. The molecular formula is C16H28N4OS. The first kappa shape index (κ1) is 17.3. The third-order valence-corrected chi connectivity index (χ3v) is 4.95. The molecule has 1 aliphatic rings. The van der Waals surface area contributed by atoms with Crippen LogP contribution >= 0.6 is 11.8 Å². The van der Waals surface area contributed by atoms with Gasteiger partial charge in [0.15, 0.2) is 5.16 Å². The van der Waals surface area contributed by atoms with E-state index in [1.165, 1.54) is 43.9 Å². The van der Waals surface area contributed by atoms with E-state index in [1.807, 2.05) is 0 Å². The predicted molar refractivity (Wildman–Crippen MR) is 90.1 cm³/mol. The molecule has 0 spiro atoms. The van der Waals surface area contributed by atoms with Gasteiger partial charge >= 0.3 is 0 Å². The number of aromatic nitrogens is 3. The lowest BCUT2D eigenvalue weighted by Crippen LogP contribution is -2.33. The van der Waals surface area contributed by atoms with Gasteiger partial charge < -0.3 is 9.88 Å². The summed E-state index contributed by atoms with van der Waals surface area (Å²) >= 11 is 1.49. The molecule has 1 N–H and O–H groups in total. The third-order valence-electron chi connectivity index (χ3n) is 3.98. The highest BCUT2D eigenvalue weighted by atomic mass is 32.2. The molecule has 0 aliphatic heterocycles. The molecule has 5 nitrogen and oxygen atoms in total. The van der Waals surface area contributed by atoms with Crippen LogP contribution < -0.4 is 5.32 Å². The minimum atomic E-state index is 0.0904. The van der Waals surface area contributed by atoms with Crippen molar-refractivity contribution in [3.8, 4) is 0 Å². The van der Waals surface area contributed by atoms with Gasteiger partial charge in [0.1, 0.15) is 5.82 Å². The lowest BCUT2D eigenvalue weighted by Gasteiger charge is -2.13. The van der Waals surface area contributed by atoms with Crippen LogP contribution in [0.4, 0.5) is 0 Å². The average Bonchev–Trinajstić information content (AvgIpc) is 3.25. The van der Waals surface area contributed by atoms with E-state index in [-0.39, 0.29) is 11.9 Å². The molecule has 1 aromatic heterocycles. The first-order chi connectivity index (χ1) is 10.7. The van der Waals surface area contributed by atoms with Crippen LogP contribution in [0.1, 0.15) is 71.0 Å². The minimum absolute atomic E-state index is 0.0904. The van der Waals surface area contributed by atoms with Gasteiger partial charge in [-0.25, -0.2) is 0 Å². The van der Waals surface area contributed by atoms with Crippen molar-refractivity contribution in [3.05, 3.63) is 5.82 Å². The SMILES string of the molecule is CCCCCC(C)NC(=O)CSc1nnc(C2CC2)n1CC. The van der Waals surface area contributed by atoms with Crippen molar-refractivity contribution in [2.24, 2.45) is 0 Å². The Labute approximate surface area is 137 Å². The fourth-order valence-electron chi connectivity index (χ4n) is 2.57. The molecule has 1 amide bonds. The van der Waals surface area contributed by atoms with Crippen molar-refractivity contribution < 1.29 is 4.79 Å². The van der Waals surface area contributed by atoms with Gasteiger partial charge in [-0.05, 0) is 33.1 Å². The van der Waals surface area contributed by atoms with Crippen molar-refractivity contribution >= 4 is 17.7 Å². The molecule has 1 heterocycles. The maximum absolute atomic E-state index is 12.0. The average molecular weight is 324 g/mol. The quantitative estimate of drug-likeness (QED) is 0.529. The summed E-state index contributed by atoms with van der Waals surface area (Å²) in [6.45, 7) is 7.25. The molecular weight excluding hydrogens is 296 g/mol. The number of amides is 1. The van der Waals surface area contributed by atoms with E-state index >= 15 is 0 Å². The third kappa shape index (κ3) is 5.00. The molecule has 0 bridgehead atoms. The standard InChI is InChI=1S/C16H28N4OS/c1-4-6-7-8-12(3)17-14(21)11-22-16-19-18-15(13-9-10-13)20(16)5-2/h12-13H,4-11H2,1-3H3,(H,17,21). The maximum atomic E-state index is 12.0. The Morgan fingerprint density at radius 1 is 1.36 bits per heavy atom. The maximum Gasteiger partial charge on any atom is 0.230 e. The van der Waals surface area contributed by atoms with Gasteiger partial charge in [0.25, 0.3) is 0 Å². The van der Waals surface area contributed by atoms with Crippen LogP contribution in [0.2, 0.25) is 0 Å². The number of carbonyl (C=O) groups excluding carboxylic acids is 1. The number of hydrogen-bond acceptors (Lipinski definition) is 4. The van der Waals surface area contributed by atoms with E-state index in [0.717, 1.165) is 23.9 Å². The van der Waals surface area contributed by atoms with Crippen molar-refractivity contribution in [2.75, 3.05) is 5.75 Å². The predicted octanol–water partition coefficient (Wildman–Crippen LogP) is 3.35. The first-order valence-electron chi connectivity index (χ1n) is 8.50. The van der Waals surface area contributed by atoms with Crippen LogP contribution in [0.15, 0.2) is 5.16 Å². The first-order valence-corrected chi connectivity index (χ1v) is 9.49. The Morgan fingerprint density at radius 2 is 2.14 bits per heavy atom. The van der Waals surface area contributed by atoms with E-state index in [0.29, 0.717) is 11.7 Å². The Morgan fingerprint density at radius 3 is 2.77 bits per heavy atom. The smallest absolute Gasteiger partial charge is 0.230 e. The van der Waals surface area contributed by atoms with E-state index in [9.17, 15) is 4.79 Å². The summed E-state index contributed by atoms with van der Waals surface area (Å²) < 4.78 is 2.15. The van der Waals surface area contributed by atoms with Crippen LogP contribution in [0, 0.1) is 0 Å². The van der Waals surface area contributed by atoms with Gasteiger partial charge in [0.2, 0.25) is 5.91 Å². The number of thioether (sulfide) groups is 1. The summed E-state index contributed by atoms with van der Waals surface area (Å²) in [5, 5.41) is 12.5. The summed E-state index contributed by atoms with van der Waals surface area (Å²) in [5.41, 5.74) is 0. The normalized spacial score (nSPS) is 15.8. The van der Waals surface area contributed by atoms with Crippen LogP contribution in [-0.2, 0) is 11.3 Å². The number of hydrogen-bond donors (Lipinski definition) is 1. The molecule has 1 unspecified atom stereocenters. The molecule has 2 rings (SSSR count). The molecule has 124 valence electrons. The van der Waals surface area contributed by atoms with Crippen LogP contribution in [-0.4, -0.2) is 32.5 Å². The number of carbonyl (C=O) groups is 1. The highest BCUT2D eigenvalue weighted by Crippen LogP contribution is 2.39. The zero-order valence-corrected chi connectivity index (χ0v) is 14.8. The van der Waals surface area contributed by atoms with Crippen molar-refractivity contribution in [2.45, 2.75) is 83.0 Å². The largest absolute Gasteiger partial charge is 0.353 e. The number of nitrogens with zero attached hydrogens (tertiary/aromatic N) is 3. The summed E-state index contributed by atoms with van der Waals surface area (Å²) in [6, 6.07) is 0.255. The van der Waals surface area contributed by atoms with Gasteiger partial charge in [0, 0.05) is 18.5 Å². The zero-order valence-electron chi connectivity index (χ0n) is 14.0. The van der Waals surface area contributed by atoms with Gasteiger partial charge in [0.05, 0.1) is 5.75 Å². The molecule has 1 saturated carbocycles. The molecule has 6 heteroatoms. The summed E-state index contributed by atoms with van der Waals surface area (Å²) in [4.78, 5) is 12.0. The second-order valence-corrected chi connectivity index (χ2v) is 7.05. The lowest BCUT2D eigenvalue weighted by molar-refractivity contribution is -0.119. The number of unbranched alkanes of at least 4 members (excludes halogenated alkanes) is 2. The van der Waals surface area contributed by atoms with E-state index in [4.69, 9.17) is 0 Å². The van der Waals surface area contributed by atoms with Gasteiger partial charge in [-0.2, -0.15) is 0 Å².